The van der Waals surface area contributed by atoms with Crippen molar-refractivity contribution in [3.8, 4) is 11.1 Å². The zero-order valence-corrected chi connectivity index (χ0v) is 9.33. The van der Waals surface area contributed by atoms with Crippen LogP contribution in [0.15, 0.2) is 47.6 Å². The van der Waals surface area contributed by atoms with Gasteiger partial charge in [-0.15, -0.1) is 4.91 Å². The van der Waals surface area contributed by atoms with E-state index < -0.39 is 12.0 Å². The second kappa shape index (κ2) is 3.77. The van der Waals surface area contributed by atoms with Gasteiger partial charge in [0, 0.05) is 5.56 Å². The first-order valence-corrected chi connectivity index (χ1v) is 5.52. The number of hydrogen-bond acceptors (Lipinski definition) is 3. The van der Waals surface area contributed by atoms with E-state index in [1.807, 2.05) is 24.3 Å². The molecule has 4 heteroatoms. The van der Waals surface area contributed by atoms with Gasteiger partial charge >= 0.3 is 5.97 Å². The summed E-state index contributed by atoms with van der Waals surface area (Å²) in [5, 5.41) is 12.4. The van der Waals surface area contributed by atoms with Crippen LogP contribution in [0.3, 0.4) is 0 Å². The van der Waals surface area contributed by atoms with Crippen LogP contribution in [0.4, 0.5) is 0 Å². The molecular weight excluding hydrogens is 230 g/mol. The molecule has 3 rings (SSSR count). The SMILES string of the molecule is O=NC1c2ccccc2-c2c(C(=O)O)cccc21. The lowest BCUT2D eigenvalue weighted by Crippen LogP contribution is -2.00. The van der Waals surface area contributed by atoms with Gasteiger partial charge in [-0.05, 0) is 22.8 Å². The molecule has 0 aliphatic heterocycles. The van der Waals surface area contributed by atoms with Crippen LogP contribution in [-0.4, -0.2) is 11.1 Å². The molecule has 0 aromatic heterocycles. The normalized spacial score (nSPS) is 15.9. The minimum Gasteiger partial charge on any atom is -0.478 e. The third kappa shape index (κ3) is 1.29. The van der Waals surface area contributed by atoms with Gasteiger partial charge in [-0.2, -0.15) is 0 Å². The third-order valence-electron chi connectivity index (χ3n) is 3.25. The lowest BCUT2D eigenvalue weighted by molar-refractivity contribution is 0.0697. The lowest BCUT2D eigenvalue weighted by Gasteiger charge is -2.05. The van der Waals surface area contributed by atoms with E-state index in [0.29, 0.717) is 11.1 Å². The molecule has 1 N–H and O–H groups in total. The summed E-state index contributed by atoms with van der Waals surface area (Å²) in [6.45, 7) is 0. The molecule has 18 heavy (non-hydrogen) atoms. The molecule has 0 heterocycles. The van der Waals surface area contributed by atoms with E-state index in [1.54, 1.807) is 18.2 Å². The van der Waals surface area contributed by atoms with Crippen LogP contribution in [0.25, 0.3) is 11.1 Å². The van der Waals surface area contributed by atoms with Gasteiger partial charge < -0.3 is 5.11 Å². The highest BCUT2D eigenvalue weighted by molar-refractivity contribution is 5.99. The maximum absolute atomic E-state index is 11.3. The summed E-state index contributed by atoms with van der Waals surface area (Å²) in [6.07, 6.45) is 0. The number of fused-ring (bicyclic) bond motifs is 3. The molecule has 0 spiro atoms. The first kappa shape index (κ1) is 10.7. The Morgan fingerprint density at radius 3 is 2.50 bits per heavy atom. The Hall–Kier alpha value is -2.49. The maximum atomic E-state index is 11.3. The van der Waals surface area contributed by atoms with Crippen molar-refractivity contribution in [1.82, 2.24) is 0 Å². The molecule has 0 fully saturated rings. The molecule has 1 aliphatic carbocycles. The van der Waals surface area contributed by atoms with E-state index >= 15 is 0 Å². The average Bonchev–Trinajstić information content (AvgIpc) is 2.72. The van der Waals surface area contributed by atoms with E-state index in [2.05, 4.69) is 5.18 Å². The van der Waals surface area contributed by atoms with Crippen molar-refractivity contribution in [2.75, 3.05) is 0 Å². The van der Waals surface area contributed by atoms with Crippen molar-refractivity contribution in [2.45, 2.75) is 6.04 Å². The van der Waals surface area contributed by atoms with Crippen LogP contribution in [0.2, 0.25) is 0 Å². The zero-order chi connectivity index (χ0) is 12.7. The Kier molecular flexibility index (Phi) is 2.23. The van der Waals surface area contributed by atoms with Crippen LogP contribution in [0.1, 0.15) is 27.5 Å². The second-order valence-corrected chi connectivity index (χ2v) is 4.17. The summed E-state index contributed by atoms with van der Waals surface area (Å²) in [7, 11) is 0. The topological polar surface area (TPSA) is 66.7 Å². The Morgan fingerprint density at radius 1 is 1.06 bits per heavy atom. The van der Waals surface area contributed by atoms with Crippen molar-refractivity contribution in [2.24, 2.45) is 5.18 Å². The molecule has 0 radical (unpaired) electrons. The van der Waals surface area contributed by atoms with Crippen molar-refractivity contribution in [1.29, 1.82) is 0 Å². The van der Waals surface area contributed by atoms with E-state index in [4.69, 9.17) is 0 Å². The molecule has 88 valence electrons. The number of carboxylic acid groups (broad SMARTS) is 1. The number of rotatable bonds is 2. The van der Waals surface area contributed by atoms with E-state index in [-0.39, 0.29) is 5.56 Å². The standard InChI is InChI=1S/C14H9NO3/c16-14(17)11-7-3-6-10-12(11)8-4-1-2-5-9(8)13(10)15-18/h1-7,13H,(H,16,17). The van der Waals surface area contributed by atoms with E-state index in [1.165, 1.54) is 0 Å². The quantitative estimate of drug-likeness (QED) is 0.818. The number of hydrogen-bond donors (Lipinski definition) is 1. The monoisotopic (exact) mass is 239 g/mol. The summed E-state index contributed by atoms with van der Waals surface area (Å²) in [6, 6.07) is 11.6. The van der Waals surface area contributed by atoms with Crippen LogP contribution < -0.4 is 0 Å². The highest BCUT2D eigenvalue weighted by atomic mass is 16.4. The van der Waals surface area contributed by atoms with Gasteiger partial charge in [0.05, 0.1) is 5.56 Å². The third-order valence-corrected chi connectivity index (χ3v) is 3.25. The van der Waals surface area contributed by atoms with E-state index in [0.717, 1.165) is 11.1 Å². The molecule has 1 atom stereocenters. The molecule has 0 saturated carbocycles. The fourth-order valence-corrected chi connectivity index (χ4v) is 2.52. The Labute approximate surface area is 103 Å². The molecular formula is C14H9NO3. The fraction of sp³-hybridized carbons (Fsp3) is 0.0714. The Balaban J connectivity index is 2.39. The molecule has 0 bridgehead atoms. The van der Waals surface area contributed by atoms with Gasteiger partial charge in [0.25, 0.3) is 0 Å². The number of benzene rings is 2. The van der Waals surface area contributed by atoms with Crippen molar-refractivity contribution in [3.63, 3.8) is 0 Å². The minimum atomic E-state index is -0.992. The Morgan fingerprint density at radius 2 is 1.78 bits per heavy atom. The van der Waals surface area contributed by atoms with Crippen LogP contribution >= 0.6 is 0 Å². The number of aromatic carboxylic acids is 1. The molecule has 0 saturated heterocycles. The molecule has 0 amide bonds. The predicted molar refractivity (Wildman–Crippen MR) is 66.5 cm³/mol. The predicted octanol–water partition coefficient (Wildman–Crippen LogP) is 3.22. The number of nitroso groups, excluding NO2 is 1. The number of carboxylic acids is 1. The van der Waals surface area contributed by atoms with Crippen LogP contribution in [-0.2, 0) is 0 Å². The second-order valence-electron chi connectivity index (χ2n) is 4.17. The lowest BCUT2D eigenvalue weighted by atomic mass is 9.99. The minimum absolute atomic E-state index is 0.214. The van der Waals surface area contributed by atoms with Crippen molar-refractivity contribution >= 4 is 5.97 Å². The van der Waals surface area contributed by atoms with Gasteiger partial charge in [0.15, 0.2) is 0 Å². The van der Waals surface area contributed by atoms with Crippen LogP contribution in [0.5, 0.6) is 0 Å². The highest BCUT2D eigenvalue weighted by Crippen LogP contribution is 2.46. The van der Waals surface area contributed by atoms with Crippen molar-refractivity contribution < 1.29 is 9.90 Å². The van der Waals surface area contributed by atoms with Gasteiger partial charge in [0.2, 0.25) is 0 Å². The number of carbonyl (C=O) groups is 1. The molecule has 4 nitrogen and oxygen atoms in total. The van der Waals surface area contributed by atoms with E-state index in [9.17, 15) is 14.8 Å². The van der Waals surface area contributed by atoms with Gasteiger partial charge in [-0.3, -0.25) is 0 Å². The highest BCUT2D eigenvalue weighted by Gasteiger charge is 2.32. The largest absolute Gasteiger partial charge is 0.478 e. The van der Waals surface area contributed by atoms with Crippen molar-refractivity contribution in [3.05, 3.63) is 64.1 Å². The average molecular weight is 239 g/mol. The first-order chi connectivity index (χ1) is 8.74. The van der Waals surface area contributed by atoms with Gasteiger partial charge in [-0.25, -0.2) is 4.79 Å². The molecule has 2 aromatic rings. The summed E-state index contributed by atoms with van der Waals surface area (Å²) < 4.78 is 0. The van der Waals surface area contributed by atoms with Gasteiger partial charge in [0.1, 0.15) is 6.04 Å². The summed E-state index contributed by atoms with van der Waals surface area (Å²) >= 11 is 0. The number of nitrogens with zero attached hydrogens (tertiary/aromatic N) is 1. The summed E-state index contributed by atoms with van der Waals surface area (Å²) in [5.41, 5.74) is 3.06. The maximum Gasteiger partial charge on any atom is 0.336 e. The Bertz CT molecular complexity index is 664. The molecule has 1 unspecified atom stereocenters. The van der Waals surface area contributed by atoms with Crippen LogP contribution in [0, 0.1) is 4.91 Å². The van der Waals surface area contributed by atoms with Gasteiger partial charge in [-0.1, -0.05) is 41.6 Å². The summed E-state index contributed by atoms with van der Waals surface area (Å²) in [5.74, 6) is -0.992. The fourth-order valence-electron chi connectivity index (χ4n) is 2.52. The summed E-state index contributed by atoms with van der Waals surface area (Å²) in [4.78, 5) is 22.3. The molecule has 2 aromatic carbocycles. The first-order valence-electron chi connectivity index (χ1n) is 5.52. The molecule has 1 aliphatic rings. The smallest absolute Gasteiger partial charge is 0.336 e. The zero-order valence-electron chi connectivity index (χ0n) is 9.33.